The SMILES string of the molecule is CCOCCOc1ccc(S(=O)(=O)N2CCCC(C(=O)NCCN)C2)cc1. The third-order valence-corrected chi connectivity index (χ3v) is 6.24. The minimum Gasteiger partial charge on any atom is -0.491 e. The van der Waals surface area contributed by atoms with Gasteiger partial charge < -0.3 is 20.5 Å². The molecule has 8 nitrogen and oxygen atoms in total. The van der Waals surface area contributed by atoms with Crippen LogP contribution < -0.4 is 15.8 Å². The fourth-order valence-corrected chi connectivity index (χ4v) is 4.46. The van der Waals surface area contributed by atoms with Gasteiger partial charge in [0.05, 0.1) is 17.4 Å². The molecule has 0 saturated carbocycles. The summed E-state index contributed by atoms with van der Waals surface area (Å²) < 4.78 is 37.9. The van der Waals surface area contributed by atoms with Gasteiger partial charge in [-0.3, -0.25) is 4.79 Å². The molecule has 0 spiro atoms. The van der Waals surface area contributed by atoms with E-state index in [1.807, 2.05) is 6.92 Å². The summed E-state index contributed by atoms with van der Waals surface area (Å²) in [4.78, 5) is 12.3. The van der Waals surface area contributed by atoms with Crippen LogP contribution in [0.5, 0.6) is 5.75 Å². The molecule has 1 aliphatic rings. The zero-order chi connectivity index (χ0) is 19.7. The number of hydrogen-bond donors (Lipinski definition) is 2. The van der Waals surface area contributed by atoms with Crippen LogP contribution in [-0.2, 0) is 19.6 Å². The molecule has 27 heavy (non-hydrogen) atoms. The molecule has 0 aromatic heterocycles. The number of nitrogens with one attached hydrogen (secondary N) is 1. The molecule has 1 aromatic carbocycles. The fourth-order valence-electron chi connectivity index (χ4n) is 2.93. The largest absolute Gasteiger partial charge is 0.491 e. The van der Waals surface area contributed by atoms with Crippen molar-refractivity contribution in [1.82, 2.24) is 9.62 Å². The molecule has 152 valence electrons. The van der Waals surface area contributed by atoms with Crippen molar-refractivity contribution in [2.24, 2.45) is 11.7 Å². The van der Waals surface area contributed by atoms with Crippen LogP contribution in [0, 0.1) is 5.92 Å². The Bertz CT molecular complexity index is 693. The van der Waals surface area contributed by atoms with E-state index in [0.29, 0.717) is 58.0 Å². The van der Waals surface area contributed by atoms with E-state index < -0.39 is 10.0 Å². The molecule has 1 aliphatic heterocycles. The Hall–Kier alpha value is -1.68. The Morgan fingerprint density at radius 1 is 1.30 bits per heavy atom. The van der Waals surface area contributed by atoms with Gasteiger partial charge in [-0.05, 0) is 44.0 Å². The predicted molar refractivity (Wildman–Crippen MR) is 102 cm³/mol. The number of ether oxygens (including phenoxy) is 2. The number of hydrogen-bond acceptors (Lipinski definition) is 6. The fraction of sp³-hybridized carbons (Fsp3) is 0.611. The summed E-state index contributed by atoms with van der Waals surface area (Å²) in [7, 11) is -3.65. The van der Waals surface area contributed by atoms with Crippen LogP contribution in [0.3, 0.4) is 0 Å². The average molecular weight is 400 g/mol. The molecular formula is C18H29N3O5S. The Kier molecular flexibility index (Phi) is 8.49. The minimum absolute atomic E-state index is 0.140. The highest BCUT2D eigenvalue weighted by Gasteiger charge is 2.33. The van der Waals surface area contributed by atoms with Gasteiger partial charge in [-0.2, -0.15) is 4.31 Å². The van der Waals surface area contributed by atoms with E-state index in [-0.39, 0.29) is 23.3 Å². The van der Waals surface area contributed by atoms with Gasteiger partial charge in [0, 0.05) is 32.8 Å². The molecule has 1 amide bonds. The summed E-state index contributed by atoms with van der Waals surface area (Å²) in [5.41, 5.74) is 5.40. The van der Waals surface area contributed by atoms with E-state index in [1.165, 1.54) is 16.4 Å². The highest BCUT2D eigenvalue weighted by atomic mass is 32.2. The lowest BCUT2D eigenvalue weighted by Crippen LogP contribution is -2.46. The van der Waals surface area contributed by atoms with Crippen LogP contribution >= 0.6 is 0 Å². The average Bonchev–Trinajstić information content (AvgIpc) is 2.70. The van der Waals surface area contributed by atoms with Crippen molar-refractivity contribution in [1.29, 1.82) is 0 Å². The van der Waals surface area contributed by atoms with Gasteiger partial charge in [0.15, 0.2) is 0 Å². The van der Waals surface area contributed by atoms with Gasteiger partial charge in [-0.25, -0.2) is 8.42 Å². The third-order valence-electron chi connectivity index (χ3n) is 4.36. The molecule has 1 fully saturated rings. The lowest BCUT2D eigenvalue weighted by Gasteiger charge is -2.31. The maximum atomic E-state index is 12.9. The molecule has 9 heteroatoms. The van der Waals surface area contributed by atoms with E-state index in [2.05, 4.69) is 5.32 Å². The highest BCUT2D eigenvalue weighted by Crippen LogP contribution is 2.25. The van der Waals surface area contributed by atoms with Crippen molar-refractivity contribution in [2.45, 2.75) is 24.7 Å². The lowest BCUT2D eigenvalue weighted by molar-refractivity contribution is -0.126. The van der Waals surface area contributed by atoms with Crippen LogP contribution in [0.4, 0.5) is 0 Å². The molecule has 1 heterocycles. The van der Waals surface area contributed by atoms with Crippen molar-refractivity contribution < 1.29 is 22.7 Å². The quantitative estimate of drug-likeness (QED) is 0.557. The number of rotatable bonds is 10. The normalized spacial score (nSPS) is 18.2. The number of nitrogens with zero attached hydrogens (tertiary/aromatic N) is 1. The first-order chi connectivity index (χ1) is 13.0. The number of carbonyl (C=O) groups excluding carboxylic acids is 1. The van der Waals surface area contributed by atoms with E-state index in [0.717, 1.165) is 0 Å². The number of nitrogens with two attached hydrogens (primary N) is 1. The molecule has 1 atom stereocenters. The second-order valence-electron chi connectivity index (χ2n) is 6.30. The summed E-state index contributed by atoms with van der Waals surface area (Å²) in [6.45, 7) is 4.78. The topological polar surface area (TPSA) is 111 Å². The van der Waals surface area contributed by atoms with Gasteiger partial charge in [-0.1, -0.05) is 0 Å². The standard InChI is InChI=1S/C18H29N3O5S/c1-2-25-12-13-26-16-5-7-17(8-6-16)27(23,24)21-11-3-4-15(14-21)18(22)20-10-9-19/h5-8,15H,2-4,9-14,19H2,1H3,(H,20,22). The number of carbonyl (C=O) groups is 1. The van der Waals surface area contributed by atoms with Crippen LogP contribution in [0.1, 0.15) is 19.8 Å². The Labute approximate surface area is 161 Å². The maximum Gasteiger partial charge on any atom is 0.243 e. The van der Waals surface area contributed by atoms with Crippen LogP contribution in [0.2, 0.25) is 0 Å². The van der Waals surface area contributed by atoms with Gasteiger partial charge in [0.1, 0.15) is 12.4 Å². The lowest BCUT2D eigenvalue weighted by atomic mass is 9.99. The molecule has 0 aliphatic carbocycles. The van der Waals surface area contributed by atoms with Crippen molar-refractivity contribution in [3.63, 3.8) is 0 Å². The van der Waals surface area contributed by atoms with E-state index in [4.69, 9.17) is 15.2 Å². The Morgan fingerprint density at radius 2 is 2.04 bits per heavy atom. The number of amides is 1. The first-order valence-corrected chi connectivity index (χ1v) is 10.7. The molecule has 1 unspecified atom stereocenters. The van der Waals surface area contributed by atoms with Crippen molar-refractivity contribution in [3.05, 3.63) is 24.3 Å². The first kappa shape index (κ1) is 21.6. The zero-order valence-electron chi connectivity index (χ0n) is 15.7. The summed E-state index contributed by atoms with van der Waals surface area (Å²) in [6.07, 6.45) is 1.33. The molecule has 1 saturated heterocycles. The summed E-state index contributed by atoms with van der Waals surface area (Å²) in [6, 6.07) is 6.33. The predicted octanol–water partition coefficient (Wildman–Crippen LogP) is 0.578. The van der Waals surface area contributed by atoms with Crippen molar-refractivity contribution >= 4 is 15.9 Å². The monoisotopic (exact) mass is 399 g/mol. The van der Waals surface area contributed by atoms with Gasteiger partial charge in [0.2, 0.25) is 15.9 Å². The highest BCUT2D eigenvalue weighted by molar-refractivity contribution is 7.89. The molecule has 3 N–H and O–H groups in total. The Morgan fingerprint density at radius 3 is 2.70 bits per heavy atom. The third kappa shape index (κ3) is 6.17. The summed E-state index contributed by atoms with van der Waals surface area (Å²) >= 11 is 0. The van der Waals surface area contributed by atoms with Crippen molar-refractivity contribution in [3.8, 4) is 5.75 Å². The molecular weight excluding hydrogens is 370 g/mol. The number of piperidine rings is 1. The second-order valence-corrected chi connectivity index (χ2v) is 8.24. The molecule has 0 bridgehead atoms. The molecule has 2 rings (SSSR count). The van der Waals surface area contributed by atoms with E-state index >= 15 is 0 Å². The zero-order valence-corrected chi connectivity index (χ0v) is 16.5. The van der Waals surface area contributed by atoms with Crippen LogP contribution in [0.25, 0.3) is 0 Å². The Balaban J connectivity index is 1.98. The van der Waals surface area contributed by atoms with Crippen molar-refractivity contribution in [2.75, 3.05) is 46.0 Å². The van der Waals surface area contributed by atoms with Gasteiger partial charge >= 0.3 is 0 Å². The number of sulfonamides is 1. The smallest absolute Gasteiger partial charge is 0.243 e. The van der Waals surface area contributed by atoms with Crippen LogP contribution in [0.15, 0.2) is 29.2 Å². The van der Waals surface area contributed by atoms with Gasteiger partial charge in [-0.15, -0.1) is 0 Å². The van der Waals surface area contributed by atoms with Crippen LogP contribution in [-0.4, -0.2) is 64.6 Å². The second kappa shape index (κ2) is 10.6. The summed E-state index contributed by atoms with van der Waals surface area (Å²) in [5.74, 6) is 0.103. The number of benzene rings is 1. The minimum atomic E-state index is -3.65. The van der Waals surface area contributed by atoms with E-state index in [9.17, 15) is 13.2 Å². The van der Waals surface area contributed by atoms with E-state index in [1.54, 1.807) is 12.1 Å². The maximum absolute atomic E-state index is 12.9. The summed E-state index contributed by atoms with van der Waals surface area (Å²) in [5, 5.41) is 2.74. The molecule has 1 aromatic rings. The van der Waals surface area contributed by atoms with Gasteiger partial charge in [0.25, 0.3) is 0 Å². The molecule has 0 radical (unpaired) electrons. The first-order valence-electron chi connectivity index (χ1n) is 9.27.